The highest BCUT2D eigenvalue weighted by Crippen LogP contribution is 2.37. The van der Waals surface area contributed by atoms with E-state index in [-0.39, 0.29) is 0 Å². The van der Waals surface area contributed by atoms with Crippen molar-refractivity contribution in [2.45, 2.75) is 53.4 Å². The van der Waals surface area contributed by atoms with Crippen LogP contribution in [-0.4, -0.2) is 0 Å². The summed E-state index contributed by atoms with van der Waals surface area (Å²) < 4.78 is 6.15. The zero-order valence-electron chi connectivity index (χ0n) is 14.7. The van der Waals surface area contributed by atoms with Crippen molar-refractivity contribution in [3.63, 3.8) is 0 Å². The Labute approximate surface area is 139 Å². The van der Waals surface area contributed by atoms with Crippen LogP contribution in [0.25, 0.3) is 0 Å². The maximum Gasteiger partial charge on any atom is 0.151 e. The highest BCUT2D eigenvalue weighted by molar-refractivity contribution is 5.72. The number of anilines is 2. The van der Waals surface area contributed by atoms with Gasteiger partial charge in [-0.05, 0) is 60.6 Å². The van der Waals surface area contributed by atoms with Gasteiger partial charge in [0, 0.05) is 11.3 Å². The molecule has 0 unspecified atom stereocenters. The molecular formula is C20H28N2O. The predicted molar refractivity (Wildman–Crippen MR) is 99.3 cm³/mol. The van der Waals surface area contributed by atoms with E-state index >= 15 is 0 Å². The van der Waals surface area contributed by atoms with Crippen molar-refractivity contribution in [3.05, 3.63) is 46.5 Å². The maximum atomic E-state index is 6.30. The summed E-state index contributed by atoms with van der Waals surface area (Å²) in [6.07, 6.45) is 3.64. The number of hydrogen-bond donors (Lipinski definition) is 2. The maximum absolute atomic E-state index is 6.30. The standard InChI is InChI=1S/C20H28N2O/c1-5-13-9-14(6-2)11-16(10-13)23-18-12-15(7-3)19(21)17(8-4)20(18)22/h9-12H,5-8,21-22H2,1-4H3. The molecule has 0 fully saturated rings. The van der Waals surface area contributed by atoms with Gasteiger partial charge in [-0.3, -0.25) is 0 Å². The van der Waals surface area contributed by atoms with Gasteiger partial charge in [-0.25, -0.2) is 0 Å². The largest absolute Gasteiger partial charge is 0.455 e. The lowest BCUT2D eigenvalue weighted by Crippen LogP contribution is -2.05. The van der Waals surface area contributed by atoms with E-state index in [1.807, 2.05) is 6.07 Å². The lowest BCUT2D eigenvalue weighted by atomic mass is 10.0. The zero-order chi connectivity index (χ0) is 17.0. The molecule has 2 aromatic carbocycles. The Kier molecular flexibility index (Phi) is 5.54. The second-order valence-corrected chi connectivity index (χ2v) is 5.84. The molecule has 2 rings (SSSR count). The van der Waals surface area contributed by atoms with E-state index in [2.05, 4.69) is 45.9 Å². The van der Waals surface area contributed by atoms with E-state index in [0.717, 1.165) is 48.2 Å². The van der Waals surface area contributed by atoms with Gasteiger partial charge >= 0.3 is 0 Å². The van der Waals surface area contributed by atoms with Gasteiger partial charge in [0.1, 0.15) is 5.75 Å². The first-order valence-electron chi connectivity index (χ1n) is 8.54. The van der Waals surface area contributed by atoms with Crippen LogP contribution in [0, 0.1) is 0 Å². The summed E-state index contributed by atoms with van der Waals surface area (Å²) in [5.41, 5.74) is 18.6. The normalized spacial score (nSPS) is 10.8. The summed E-state index contributed by atoms with van der Waals surface area (Å²) in [6.45, 7) is 8.47. The Morgan fingerprint density at radius 1 is 0.739 bits per heavy atom. The lowest BCUT2D eigenvalue weighted by Gasteiger charge is -2.17. The Morgan fingerprint density at radius 3 is 1.83 bits per heavy atom. The third-order valence-electron chi connectivity index (χ3n) is 4.37. The highest BCUT2D eigenvalue weighted by Gasteiger charge is 2.14. The lowest BCUT2D eigenvalue weighted by molar-refractivity contribution is 0.482. The molecule has 0 aliphatic carbocycles. The van der Waals surface area contributed by atoms with Crippen LogP contribution in [0.5, 0.6) is 11.5 Å². The van der Waals surface area contributed by atoms with Gasteiger partial charge in [-0.15, -0.1) is 0 Å². The number of benzene rings is 2. The van der Waals surface area contributed by atoms with Gasteiger partial charge in [-0.2, -0.15) is 0 Å². The van der Waals surface area contributed by atoms with Gasteiger partial charge in [-0.1, -0.05) is 33.8 Å². The fourth-order valence-electron chi connectivity index (χ4n) is 2.88. The number of hydrogen-bond acceptors (Lipinski definition) is 3. The first-order chi connectivity index (χ1) is 11.0. The van der Waals surface area contributed by atoms with Crippen LogP contribution >= 0.6 is 0 Å². The van der Waals surface area contributed by atoms with Crippen LogP contribution < -0.4 is 16.2 Å². The summed E-state index contributed by atoms with van der Waals surface area (Å²) in [7, 11) is 0. The van der Waals surface area contributed by atoms with Crippen molar-refractivity contribution < 1.29 is 4.74 Å². The van der Waals surface area contributed by atoms with Gasteiger partial charge in [0.15, 0.2) is 5.75 Å². The minimum atomic E-state index is 0.655. The van der Waals surface area contributed by atoms with Crippen LogP contribution in [0.3, 0.4) is 0 Å². The summed E-state index contributed by atoms with van der Waals surface area (Å²) in [4.78, 5) is 0. The molecule has 3 heteroatoms. The van der Waals surface area contributed by atoms with Crippen molar-refractivity contribution >= 4 is 11.4 Å². The van der Waals surface area contributed by atoms with E-state index in [0.29, 0.717) is 11.4 Å². The average Bonchev–Trinajstić information content (AvgIpc) is 2.57. The quantitative estimate of drug-likeness (QED) is 0.746. The van der Waals surface area contributed by atoms with Gasteiger partial charge in [0.05, 0.1) is 5.69 Å². The van der Waals surface area contributed by atoms with Crippen molar-refractivity contribution in [1.29, 1.82) is 0 Å². The third kappa shape index (κ3) is 3.61. The topological polar surface area (TPSA) is 61.3 Å². The molecular weight excluding hydrogens is 284 g/mol. The number of ether oxygens (including phenoxy) is 1. The minimum absolute atomic E-state index is 0.655. The molecule has 0 bridgehead atoms. The zero-order valence-corrected chi connectivity index (χ0v) is 14.7. The predicted octanol–water partition coefficient (Wildman–Crippen LogP) is 4.89. The summed E-state index contributed by atoms with van der Waals surface area (Å²) in [5, 5.41) is 0. The Balaban J connectivity index is 2.47. The van der Waals surface area contributed by atoms with Gasteiger partial charge < -0.3 is 16.2 Å². The molecule has 0 saturated heterocycles. The SMILES string of the molecule is CCc1cc(CC)cc(Oc2cc(CC)c(N)c(CC)c2N)c1. The van der Waals surface area contributed by atoms with E-state index in [1.165, 1.54) is 11.1 Å². The van der Waals surface area contributed by atoms with E-state index in [4.69, 9.17) is 16.2 Å². The average molecular weight is 312 g/mol. The molecule has 124 valence electrons. The third-order valence-corrected chi connectivity index (χ3v) is 4.37. The van der Waals surface area contributed by atoms with E-state index in [1.54, 1.807) is 0 Å². The van der Waals surface area contributed by atoms with E-state index < -0.39 is 0 Å². The number of nitrogen functional groups attached to an aromatic ring is 2. The fourth-order valence-corrected chi connectivity index (χ4v) is 2.88. The molecule has 3 nitrogen and oxygen atoms in total. The molecule has 0 atom stereocenters. The molecule has 23 heavy (non-hydrogen) atoms. The fraction of sp³-hybridized carbons (Fsp3) is 0.400. The van der Waals surface area contributed by atoms with Crippen molar-refractivity contribution in [2.24, 2.45) is 0 Å². The van der Waals surface area contributed by atoms with Crippen LogP contribution in [0.2, 0.25) is 0 Å². The van der Waals surface area contributed by atoms with Crippen LogP contribution in [0.1, 0.15) is 49.9 Å². The monoisotopic (exact) mass is 312 g/mol. The smallest absolute Gasteiger partial charge is 0.151 e. The Hall–Kier alpha value is -2.16. The molecule has 2 aromatic rings. The van der Waals surface area contributed by atoms with Gasteiger partial charge in [0.25, 0.3) is 0 Å². The second kappa shape index (κ2) is 7.40. The number of rotatable bonds is 6. The summed E-state index contributed by atoms with van der Waals surface area (Å²) in [6, 6.07) is 8.39. The Bertz CT molecular complexity index is 670. The van der Waals surface area contributed by atoms with Gasteiger partial charge in [0.2, 0.25) is 0 Å². The molecule has 0 amide bonds. The number of aryl methyl sites for hydroxylation is 3. The minimum Gasteiger partial charge on any atom is -0.455 e. The van der Waals surface area contributed by atoms with Crippen LogP contribution in [0.4, 0.5) is 11.4 Å². The molecule has 0 radical (unpaired) electrons. The van der Waals surface area contributed by atoms with Crippen LogP contribution in [-0.2, 0) is 25.7 Å². The first kappa shape index (κ1) is 17.2. The van der Waals surface area contributed by atoms with E-state index in [9.17, 15) is 0 Å². The molecule has 4 N–H and O–H groups in total. The van der Waals surface area contributed by atoms with Crippen LogP contribution in [0.15, 0.2) is 24.3 Å². The molecule has 0 spiro atoms. The molecule has 0 saturated carbocycles. The van der Waals surface area contributed by atoms with Crippen molar-refractivity contribution in [3.8, 4) is 11.5 Å². The van der Waals surface area contributed by atoms with Crippen molar-refractivity contribution in [2.75, 3.05) is 11.5 Å². The Morgan fingerprint density at radius 2 is 1.35 bits per heavy atom. The second-order valence-electron chi connectivity index (χ2n) is 5.84. The number of nitrogens with two attached hydrogens (primary N) is 2. The van der Waals surface area contributed by atoms with Crippen molar-refractivity contribution in [1.82, 2.24) is 0 Å². The molecule has 0 aromatic heterocycles. The highest BCUT2D eigenvalue weighted by atomic mass is 16.5. The summed E-state index contributed by atoms with van der Waals surface area (Å²) >= 11 is 0. The molecule has 0 aliphatic heterocycles. The first-order valence-corrected chi connectivity index (χ1v) is 8.54. The molecule has 0 heterocycles. The molecule has 0 aliphatic rings. The summed E-state index contributed by atoms with van der Waals surface area (Å²) in [5.74, 6) is 1.56.